The fourth-order valence-corrected chi connectivity index (χ4v) is 2.72. The average Bonchev–Trinajstić information content (AvgIpc) is 2.44. The van der Waals surface area contributed by atoms with E-state index in [0.29, 0.717) is 13.0 Å². The van der Waals surface area contributed by atoms with Crippen molar-refractivity contribution in [1.82, 2.24) is 0 Å². The van der Waals surface area contributed by atoms with Crippen LogP contribution < -0.4 is 0 Å². The van der Waals surface area contributed by atoms with Crippen LogP contribution in [0.25, 0.3) is 0 Å². The third-order valence-corrected chi connectivity index (χ3v) is 4.10. The molecule has 0 atom stereocenters. The molecule has 2 nitrogen and oxygen atoms in total. The zero-order chi connectivity index (χ0) is 14.9. The van der Waals surface area contributed by atoms with Crippen molar-refractivity contribution in [1.29, 1.82) is 0 Å². The van der Waals surface area contributed by atoms with Gasteiger partial charge in [-0.05, 0) is 6.42 Å². The van der Waals surface area contributed by atoms with Crippen molar-refractivity contribution in [2.24, 2.45) is 0 Å². The maximum atomic E-state index is 11.1. The van der Waals surface area contributed by atoms with Gasteiger partial charge >= 0.3 is 5.97 Å². The lowest BCUT2D eigenvalue weighted by Crippen LogP contribution is -2.05. The van der Waals surface area contributed by atoms with Crippen LogP contribution in [-0.4, -0.2) is 17.0 Å². The number of ether oxygens (including phenoxy) is 1. The SMILES string of the molecule is CCCCCCCCCCCCCCOC(=O)CCI. The Hall–Kier alpha value is 0.200. The molecule has 0 spiro atoms. The Bertz CT molecular complexity index is 207. The Morgan fingerprint density at radius 2 is 1.25 bits per heavy atom. The summed E-state index contributed by atoms with van der Waals surface area (Å²) in [5.74, 6) is -0.0394. The van der Waals surface area contributed by atoms with E-state index >= 15 is 0 Å². The Balaban J connectivity index is 3.01. The summed E-state index contributed by atoms with van der Waals surface area (Å²) in [6.45, 7) is 2.89. The number of hydrogen-bond donors (Lipinski definition) is 0. The van der Waals surface area contributed by atoms with E-state index in [-0.39, 0.29) is 5.97 Å². The molecule has 120 valence electrons. The Morgan fingerprint density at radius 1 is 0.800 bits per heavy atom. The second kappa shape index (κ2) is 17.3. The van der Waals surface area contributed by atoms with E-state index in [9.17, 15) is 4.79 Å². The summed E-state index contributed by atoms with van der Waals surface area (Å²) in [5.41, 5.74) is 0. The highest BCUT2D eigenvalue weighted by Crippen LogP contribution is 2.11. The van der Waals surface area contributed by atoms with E-state index in [1.54, 1.807) is 0 Å². The monoisotopic (exact) mass is 396 g/mol. The fraction of sp³-hybridized carbons (Fsp3) is 0.941. The minimum atomic E-state index is -0.0394. The predicted molar refractivity (Wildman–Crippen MR) is 95.5 cm³/mol. The van der Waals surface area contributed by atoms with Crippen molar-refractivity contribution >= 4 is 28.6 Å². The number of esters is 1. The first-order valence-corrected chi connectivity index (χ1v) is 10.1. The fourth-order valence-electron chi connectivity index (χ4n) is 2.28. The highest BCUT2D eigenvalue weighted by Gasteiger charge is 2.00. The first-order valence-electron chi connectivity index (χ1n) is 8.52. The molecule has 0 heterocycles. The van der Waals surface area contributed by atoms with Gasteiger partial charge in [-0.2, -0.15) is 0 Å². The lowest BCUT2D eigenvalue weighted by atomic mass is 10.1. The number of alkyl halides is 1. The summed E-state index contributed by atoms with van der Waals surface area (Å²) >= 11 is 2.20. The van der Waals surface area contributed by atoms with Crippen LogP contribution in [0.2, 0.25) is 0 Å². The smallest absolute Gasteiger partial charge is 0.306 e. The molecule has 0 saturated heterocycles. The zero-order valence-corrected chi connectivity index (χ0v) is 15.5. The molecule has 0 radical (unpaired) electrons. The van der Waals surface area contributed by atoms with Gasteiger partial charge in [-0.1, -0.05) is 100 Å². The van der Waals surface area contributed by atoms with Crippen molar-refractivity contribution in [2.45, 2.75) is 90.4 Å². The van der Waals surface area contributed by atoms with Crippen molar-refractivity contribution in [3.8, 4) is 0 Å². The molecular formula is C17H33IO2. The highest BCUT2D eigenvalue weighted by molar-refractivity contribution is 14.1. The first kappa shape index (κ1) is 20.2. The maximum absolute atomic E-state index is 11.1. The minimum absolute atomic E-state index is 0.0394. The Kier molecular flexibility index (Phi) is 17.4. The predicted octanol–water partition coefficient (Wildman–Crippen LogP) is 6.06. The van der Waals surface area contributed by atoms with E-state index in [1.807, 2.05) is 0 Å². The molecule has 0 unspecified atom stereocenters. The third kappa shape index (κ3) is 16.3. The molecule has 0 aliphatic heterocycles. The van der Waals surface area contributed by atoms with Crippen LogP contribution in [0, 0.1) is 0 Å². The van der Waals surface area contributed by atoms with Crippen molar-refractivity contribution in [3.05, 3.63) is 0 Å². The normalized spacial score (nSPS) is 10.7. The molecule has 0 aliphatic rings. The summed E-state index contributed by atoms with van der Waals surface area (Å²) < 4.78 is 5.99. The van der Waals surface area contributed by atoms with E-state index in [0.717, 1.165) is 10.8 Å². The molecule has 0 aliphatic carbocycles. The molecule has 0 N–H and O–H groups in total. The van der Waals surface area contributed by atoms with Gasteiger partial charge in [0.05, 0.1) is 13.0 Å². The van der Waals surface area contributed by atoms with Crippen molar-refractivity contribution < 1.29 is 9.53 Å². The third-order valence-electron chi connectivity index (χ3n) is 3.56. The van der Waals surface area contributed by atoms with E-state index in [1.165, 1.54) is 70.6 Å². The van der Waals surface area contributed by atoms with Crippen molar-refractivity contribution in [3.63, 3.8) is 0 Å². The van der Waals surface area contributed by atoms with Gasteiger partial charge in [0.1, 0.15) is 0 Å². The molecule has 0 fully saturated rings. The number of carbonyl (C=O) groups is 1. The maximum Gasteiger partial charge on any atom is 0.306 e. The van der Waals surface area contributed by atoms with Gasteiger partial charge in [0.25, 0.3) is 0 Å². The van der Waals surface area contributed by atoms with Crippen LogP contribution in [0.4, 0.5) is 0 Å². The molecule has 0 saturated carbocycles. The quantitative estimate of drug-likeness (QED) is 0.146. The summed E-state index contributed by atoms with van der Waals surface area (Å²) in [6, 6.07) is 0. The van der Waals surface area contributed by atoms with Gasteiger partial charge in [-0.3, -0.25) is 4.79 Å². The molecule has 0 aromatic carbocycles. The number of rotatable bonds is 15. The largest absolute Gasteiger partial charge is 0.466 e. The van der Waals surface area contributed by atoms with E-state index < -0.39 is 0 Å². The van der Waals surface area contributed by atoms with E-state index in [2.05, 4.69) is 29.5 Å². The zero-order valence-electron chi connectivity index (χ0n) is 13.3. The molecule has 0 rings (SSSR count). The minimum Gasteiger partial charge on any atom is -0.466 e. The summed E-state index contributed by atoms with van der Waals surface area (Å²) in [6.07, 6.45) is 16.6. The van der Waals surface area contributed by atoms with Gasteiger partial charge in [0.2, 0.25) is 0 Å². The number of halogens is 1. The number of unbranched alkanes of at least 4 members (excludes halogenated alkanes) is 11. The number of hydrogen-bond acceptors (Lipinski definition) is 2. The van der Waals surface area contributed by atoms with Crippen LogP contribution in [-0.2, 0) is 9.53 Å². The lowest BCUT2D eigenvalue weighted by Gasteiger charge is -2.04. The summed E-state index contributed by atoms with van der Waals surface area (Å²) in [7, 11) is 0. The first-order chi connectivity index (χ1) is 9.81. The Labute approximate surface area is 139 Å². The molecule has 20 heavy (non-hydrogen) atoms. The standard InChI is InChI=1S/C17H33IO2/c1-2-3-4-5-6-7-8-9-10-11-12-13-16-20-17(19)14-15-18/h2-16H2,1H3. The molecule has 3 heteroatoms. The van der Waals surface area contributed by atoms with Crippen molar-refractivity contribution in [2.75, 3.05) is 11.0 Å². The topological polar surface area (TPSA) is 26.3 Å². The molecule has 0 bridgehead atoms. The molecule has 0 amide bonds. The van der Waals surface area contributed by atoms with Crippen LogP contribution in [0.1, 0.15) is 90.4 Å². The van der Waals surface area contributed by atoms with E-state index in [4.69, 9.17) is 4.74 Å². The van der Waals surface area contributed by atoms with Gasteiger partial charge < -0.3 is 4.74 Å². The van der Waals surface area contributed by atoms with Gasteiger partial charge in [-0.25, -0.2) is 0 Å². The number of carbonyl (C=O) groups excluding carboxylic acids is 1. The molecular weight excluding hydrogens is 363 g/mol. The van der Waals surface area contributed by atoms with Gasteiger partial charge in [0.15, 0.2) is 0 Å². The molecule has 0 aromatic rings. The molecule has 0 aromatic heterocycles. The Morgan fingerprint density at radius 3 is 1.70 bits per heavy atom. The highest BCUT2D eigenvalue weighted by atomic mass is 127. The second-order valence-electron chi connectivity index (χ2n) is 5.55. The van der Waals surface area contributed by atoms with Gasteiger partial charge in [0, 0.05) is 4.43 Å². The lowest BCUT2D eigenvalue weighted by molar-refractivity contribution is -0.143. The second-order valence-corrected chi connectivity index (χ2v) is 6.63. The summed E-state index contributed by atoms with van der Waals surface area (Å²) in [5, 5.41) is 0. The van der Waals surface area contributed by atoms with Crippen LogP contribution in [0.3, 0.4) is 0 Å². The van der Waals surface area contributed by atoms with Crippen LogP contribution in [0.15, 0.2) is 0 Å². The van der Waals surface area contributed by atoms with Crippen LogP contribution >= 0.6 is 22.6 Å². The van der Waals surface area contributed by atoms with Crippen LogP contribution in [0.5, 0.6) is 0 Å². The van der Waals surface area contributed by atoms with Gasteiger partial charge in [-0.15, -0.1) is 0 Å². The summed E-state index contributed by atoms with van der Waals surface area (Å²) in [4.78, 5) is 11.1. The average molecular weight is 396 g/mol.